The van der Waals surface area contributed by atoms with Crippen LogP contribution in [0.2, 0.25) is 5.02 Å². The molecule has 7 heteroatoms. The summed E-state index contributed by atoms with van der Waals surface area (Å²) in [5, 5.41) is 28.7. The lowest BCUT2D eigenvalue weighted by molar-refractivity contribution is -0.384. The van der Waals surface area contributed by atoms with Crippen molar-refractivity contribution in [2.45, 2.75) is 26.2 Å². The van der Waals surface area contributed by atoms with Crippen LogP contribution in [0.5, 0.6) is 5.75 Å². The largest absolute Gasteiger partial charge is 0.506 e. The summed E-state index contributed by atoms with van der Waals surface area (Å²) in [7, 11) is 0. The average Bonchev–Trinajstić information content (AvgIpc) is 2.46. The van der Waals surface area contributed by atoms with Crippen LogP contribution < -0.4 is 0 Å². The standard InChI is InChI=1S/C16H16ClN3O3/c1-16(2,3)10-4-7-15(21)14(8-10)19-18-13-6-5-11(20(22)23)9-12(13)17/h4-9,21H,1-3H3. The van der Waals surface area contributed by atoms with Crippen LogP contribution in [-0.4, -0.2) is 10.0 Å². The van der Waals surface area contributed by atoms with Gasteiger partial charge in [-0.3, -0.25) is 10.1 Å². The molecule has 6 nitrogen and oxygen atoms in total. The Bertz CT molecular complexity index is 783. The van der Waals surface area contributed by atoms with Gasteiger partial charge >= 0.3 is 0 Å². The Morgan fingerprint density at radius 3 is 2.30 bits per heavy atom. The van der Waals surface area contributed by atoms with E-state index < -0.39 is 4.92 Å². The number of aromatic hydroxyl groups is 1. The first kappa shape index (κ1) is 16.9. The second-order valence-corrected chi connectivity index (χ2v) is 6.45. The molecule has 0 unspecified atom stereocenters. The Morgan fingerprint density at radius 2 is 1.74 bits per heavy atom. The topological polar surface area (TPSA) is 88.1 Å². The maximum Gasteiger partial charge on any atom is 0.271 e. The Balaban J connectivity index is 2.35. The maximum absolute atomic E-state index is 10.7. The SMILES string of the molecule is CC(C)(C)c1ccc(O)c(N=Nc2ccc([N+](=O)[O-])cc2Cl)c1. The molecule has 0 bridgehead atoms. The van der Waals surface area contributed by atoms with Gasteiger partial charge in [-0.25, -0.2) is 0 Å². The molecule has 1 N–H and O–H groups in total. The van der Waals surface area contributed by atoms with E-state index in [1.54, 1.807) is 12.1 Å². The normalized spacial score (nSPS) is 11.8. The smallest absolute Gasteiger partial charge is 0.271 e. The van der Waals surface area contributed by atoms with Gasteiger partial charge in [-0.05, 0) is 29.2 Å². The molecule has 0 saturated heterocycles. The summed E-state index contributed by atoms with van der Waals surface area (Å²) in [6, 6.07) is 9.05. The summed E-state index contributed by atoms with van der Waals surface area (Å²) in [5.41, 5.74) is 1.39. The molecule has 23 heavy (non-hydrogen) atoms. The molecule has 0 aliphatic heterocycles. The van der Waals surface area contributed by atoms with Gasteiger partial charge in [-0.15, -0.1) is 10.2 Å². The van der Waals surface area contributed by atoms with Gasteiger partial charge in [0.15, 0.2) is 0 Å². The van der Waals surface area contributed by atoms with Crippen molar-refractivity contribution < 1.29 is 10.0 Å². The second-order valence-electron chi connectivity index (χ2n) is 6.05. The molecular weight excluding hydrogens is 318 g/mol. The van der Waals surface area contributed by atoms with Gasteiger partial charge in [0.25, 0.3) is 5.69 Å². The zero-order valence-corrected chi connectivity index (χ0v) is 13.7. The van der Waals surface area contributed by atoms with Crippen LogP contribution in [0.15, 0.2) is 46.6 Å². The number of nitro groups is 1. The predicted molar refractivity (Wildman–Crippen MR) is 89.1 cm³/mol. The molecule has 2 aromatic rings. The van der Waals surface area contributed by atoms with E-state index in [1.807, 2.05) is 26.8 Å². The van der Waals surface area contributed by atoms with Gasteiger partial charge in [0.1, 0.15) is 17.1 Å². The molecular formula is C16H16ClN3O3. The Hall–Kier alpha value is -2.47. The minimum Gasteiger partial charge on any atom is -0.506 e. The van der Waals surface area contributed by atoms with Crippen LogP contribution in [0.1, 0.15) is 26.3 Å². The van der Waals surface area contributed by atoms with Crippen molar-refractivity contribution in [3.05, 3.63) is 57.1 Å². The van der Waals surface area contributed by atoms with Crippen LogP contribution in [0, 0.1) is 10.1 Å². The number of hydrogen-bond donors (Lipinski definition) is 1. The fraction of sp³-hybridized carbons (Fsp3) is 0.250. The first-order valence-corrected chi connectivity index (χ1v) is 7.25. The van der Waals surface area contributed by atoms with Crippen molar-refractivity contribution in [2.24, 2.45) is 10.2 Å². The van der Waals surface area contributed by atoms with E-state index in [2.05, 4.69) is 10.2 Å². The number of phenolic OH excluding ortho intramolecular Hbond substituents is 1. The quantitative estimate of drug-likeness (QED) is 0.446. The van der Waals surface area contributed by atoms with Crippen LogP contribution in [-0.2, 0) is 5.41 Å². The van der Waals surface area contributed by atoms with E-state index in [-0.39, 0.29) is 27.6 Å². The Kier molecular flexibility index (Phi) is 4.65. The van der Waals surface area contributed by atoms with E-state index in [0.29, 0.717) is 5.69 Å². The molecule has 120 valence electrons. The highest BCUT2D eigenvalue weighted by atomic mass is 35.5. The van der Waals surface area contributed by atoms with Crippen molar-refractivity contribution >= 4 is 28.7 Å². The third-order valence-corrected chi connectivity index (χ3v) is 3.55. The Morgan fingerprint density at radius 1 is 1.09 bits per heavy atom. The average molecular weight is 334 g/mol. The number of rotatable bonds is 3. The number of hydrogen-bond acceptors (Lipinski definition) is 5. The summed E-state index contributed by atoms with van der Waals surface area (Å²) < 4.78 is 0. The van der Waals surface area contributed by atoms with E-state index in [9.17, 15) is 15.2 Å². The van der Waals surface area contributed by atoms with E-state index >= 15 is 0 Å². The summed E-state index contributed by atoms with van der Waals surface area (Å²) in [6.07, 6.45) is 0. The van der Waals surface area contributed by atoms with Crippen LogP contribution in [0.4, 0.5) is 17.1 Å². The lowest BCUT2D eigenvalue weighted by Crippen LogP contribution is -2.10. The second kappa shape index (κ2) is 6.34. The molecule has 0 aliphatic carbocycles. The zero-order valence-electron chi connectivity index (χ0n) is 12.9. The van der Waals surface area contributed by atoms with Gasteiger partial charge in [0.2, 0.25) is 0 Å². The van der Waals surface area contributed by atoms with E-state index in [4.69, 9.17) is 11.6 Å². The number of nitro benzene ring substituents is 1. The summed E-state index contributed by atoms with van der Waals surface area (Å²) in [6.45, 7) is 6.15. The third kappa shape index (κ3) is 4.04. The van der Waals surface area contributed by atoms with Gasteiger partial charge in [0, 0.05) is 12.1 Å². The molecule has 2 rings (SSSR count). The number of benzene rings is 2. The molecule has 0 aromatic heterocycles. The number of non-ortho nitro benzene ring substituents is 1. The third-order valence-electron chi connectivity index (χ3n) is 3.25. The van der Waals surface area contributed by atoms with Crippen LogP contribution in [0.3, 0.4) is 0 Å². The van der Waals surface area contributed by atoms with Gasteiger partial charge in [-0.2, -0.15) is 0 Å². The molecule has 0 spiro atoms. The van der Waals surface area contributed by atoms with Crippen molar-refractivity contribution in [3.8, 4) is 5.75 Å². The first-order valence-electron chi connectivity index (χ1n) is 6.87. The minimum atomic E-state index is -0.536. The number of phenols is 1. The highest BCUT2D eigenvalue weighted by Gasteiger charge is 2.15. The first-order chi connectivity index (χ1) is 10.7. The van der Waals surface area contributed by atoms with E-state index in [1.165, 1.54) is 18.2 Å². The van der Waals surface area contributed by atoms with E-state index in [0.717, 1.165) is 5.56 Å². The fourth-order valence-corrected chi connectivity index (χ4v) is 2.08. The highest BCUT2D eigenvalue weighted by molar-refractivity contribution is 6.33. The summed E-state index contributed by atoms with van der Waals surface area (Å²) >= 11 is 5.96. The lowest BCUT2D eigenvalue weighted by atomic mass is 9.87. The van der Waals surface area contributed by atoms with Gasteiger partial charge in [-0.1, -0.05) is 38.4 Å². The molecule has 0 heterocycles. The number of azo groups is 1. The Labute approximate surface area is 138 Å². The summed E-state index contributed by atoms with van der Waals surface area (Å²) in [4.78, 5) is 10.1. The van der Waals surface area contributed by atoms with Gasteiger partial charge in [0.05, 0.1) is 9.95 Å². The van der Waals surface area contributed by atoms with Crippen molar-refractivity contribution in [1.29, 1.82) is 0 Å². The molecule has 0 aliphatic rings. The minimum absolute atomic E-state index is 0.000200. The van der Waals surface area contributed by atoms with Gasteiger partial charge < -0.3 is 5.11 Å². The van der Waals surface area contributed by atoms with Crippen LogP contribution >= 0.6 is 11.6 Å². The lowest BCUT2D eigenvalue weighted by Gasteiger charge is -2.19. The zero-order chi connectivity index (χ0) is 17.2. The maximum atomic E-state index is 10.7. The molecule has 0 radical (unpaired) electrons. The fourth-order valence-electron chi connectivity index (χ4n) is 1.87. The number of halogens is 1. The molecule has 0 fully saturated rings. The van der Waals surface area contributed by atoms with Crippen molar-refractivity contribution in [3.63, 3.8) is 0 Å². The molecule has 0 amide bonds. The molecule has 2 aromatic carbocycles. The molecule has 0 saturated carbocycles. The number of nitrogens with zero attached hydrogens (tertiary/aromatic N) is 3. The summed E-state index contributed by atoms with van der Waals surface area (Å²) in [5.74, 6) is -0.000200. The van der Waals surface area contributed by atoms with Crippen molar-refractivity contribution in [1.82, 2.24) is 0 Å². The highest BCUT2D eigenvalue weighted by Crippen LogP contribution is 2.35. The predicted octanol–water partition coefficient (Wildman–Crippen LogP) is 5.67. The van der Waals surface area contributed by atoms with Crippen molar-refractivity contribution in [2.75, 3.05) is 0 Å². The van der Waals surface area contributed by atoms with Crippen LogP contribution in [0.25, 0.3) is 0 Å². The molecule has 0 atom stereocenters. The monoisotopic (exact) mass is 333 g/mol.